The number of nitro groups is 1. The molecule has 2 rings (SSSR count). The van der Waals surface area contributed by atoms with Gasteiger partial charge in [0.25, 0.3) is 5.69 Å². The molecule has 0 atom stereocenters. The minimum atomic E-state index is -0.524. The van der Waals surface area contributed by atoms with Gasteiger partial charge in [0, 0.05) is 18.7 Å². The lowest BCUT2D eigenvalue weighted by molar-refractivity contribution is -0.385. The quantitative estimate of drug-likeness (QED) is 0.659. The van der Waals surface area contributed by atoms with E-state index in [0.29, 0.717) is 30.9 Å². The van der Waals surface area contributed by atoms with Crippen LogP contribution >= 0.6 is 0 Å². The highest BCUT2D eigenvalue weighted by molar-refractivity contribution is 5.69. The van der Waals surface area contributed by atoms with E-state index in [9.17, 15) is 14.9 Å². The second-order valence-corrected chi connectivity index (χ2v) is 6.53. The molecule has 1 N–H and O–H groups in total. The summed E-state index contributed by atoms with van der Waals surface area (Å²) in [5.74, 6) is 0.690. The number of carbonyl (C=O) groups excluding carboxylic acids is 1. The molecule has 140 valence electrons. The fraction of sp³-hybridized carbons (Fsp3) is 0.647. The number of ether oxygens (including phenoxy) is 1. The fourth-order valence-corrected chi connectivity index (χ4v) is 2.33. The Morgan fingerprint density at radius 2 is 2.04 bits per heavy atom. The van der Waals surface area contributed by atoms with Crippen LogP contribution in [0.4, 0.5) is 16.3 Å². The second-order valence-electron chi connectivity index (χ2n) is 6.53. The molecule has 0 spiro atoms. The van der Waals surface area contributed by atoms with Crippen molar-refractivity contribution >= 4 is 17.6 Å². The number of hydrogen-bond acceptors (Lipinski definition) is 6. The van der Waals surface area contributed by atoms with Crippen molar-refractivity contribution in [2.45, 2.75) is 59.6 Å². The first-order chi connectivity index (χ1) is 11.7. The maximum atomic E-state index is 11.7. The van der Waals surface area contributed by atoms with Crippen LogP contribution in [0.1, 0.15) is 47.1 Å². The molecule has 0 radical (unpaired) electrons. The molecule has 1 aromatic heterocycles. The SMILES string of the molecule is CC.CCc1cc(N2CC(NC(=O)OC(C)(C)C)C2)ncc1[N+](=O)[O-]. The molecule has 0 saturated carbocycles. The van der Waals surface area contributed by atoms with Crippen LogP contribution in [-0.2, 0) is 11.2 Å². The van der Waals surface area contributed by atoms with Crippen LogP contribution in [0.5, 0.6) is 0 Å². The van der Waals surface area contributed by atoms with Gasteiger partial charge in [-0.05, 0) is 33.3 Å². The predicted molar refractivity (Wildman–Crippen MR) is 97.0 cm³/mol. The van der Waals surface area contributed by atoms with Crippen molar-refractivity contribution < 1.29 is 14.5 Å². The van der Waals surface area contributed by atoms with Gasteiger partial charge in [0.2, 0.25) is 0 Å². The molecular formula is C17H28N4O4. The topological polar surface area (TPSA) is 97.6 Å². The zero-order chi connectivity index (χ0) is 19.2. The number of amides is 1. The number of carbonyl (C=O) groups is 1. The Kier molecular flexibility index (Phi) is 7.14. The third-order valence-corrected chi connectivity index (χ3v) is 3.46. The lowest BCUT2D eigenvalue weighted by Gasteiger charge is -2.40. The molecule has 8 nitrogen and oxygen atoms in total. The largest absolute Gasteiger partial charge is 0.444 e. The summed E-state index contributed by atoms with van der Waals surface area (Å²) in [7, 11) is 0. The molecule has 1 aliphatic rings. The van der Waals surface area contributed by atoms with E-state index in [1.54, 1.807) is 6.07 Å². The van der Waals surface area contributed by atoms with Crippen LogP contribution in [-0.4, -0.2) is 40.7 Å². The van der Waals surface area contributed by atoms with Gasteiger partial charge in [-0.2, -0.15) is 0 Å². The zero-order valence-electron chi connectivity index (χ0n) is 15.8. The molecular weight excluding hydrogens is 324 g/mol. The third-order valence-electron chi connectivity index (χ3n) is 3.46. The highest BCUT2D eigenvalue weighted by Gasteiger charge is 2.31. The first-order valence-corrected chi connectivity index (χ1v) is 8.57. The van der Waals surface area contributed by atoms with Crippen LogP contribution < -0.4 is 10.2 Å². The molecule has 1 aromatic rings. The monoisotopic (exact) mass is 352 g/mol. The number of nitrogens with zero attached hydrogens (tertiary/aromatic N) is 3. The number of anilines is 1. The number of aryl methyl sites for hydroxylation is 1. The van der Waals surface area contributed by atoms with Gasteiger partial charge in [-0.15, -0.1) is 0 Å². The molecule has 25 heavy (non-hydrogen) atoms. The Morgan fingerprint density at radius 1 is 1.44 bits per heavy atom. The summed E-state index contributed by atoms with van der Waals surface area (Å²) in [5, 5.41) is 13.7. The van der Waals surface area contributed by atoms with Crippen LogP contribution in [0.25, 0.3) is 0 Å². The lowest BCUT2D eigenvalue weighted by Crippen LogP contribution is -2.60. The molecule has 0 unspecified atom stereocenters. The number of rotatable bonds is 4. The number of pyridine rings is 1. The molecule has 2 heterocycles. The molecule has 1 aliphatic heterocycles. The van der Waals surface area contributed by atoms with E-state index in [4.69, 9.17) is 4.74 Å². The highest BCUT2D eigenvalue weighted by atomic mass is 16.6. The predicted octanol–water partition coefficient (Wildman–Crippen LogP) is 3.29. The van der Waals surface area contributed by atoms with E-state index >= 15 is 0 Å². The van der Waals surface area contributed by atoms with Gasteiger partial charge in [0.1, 0.15) is 17.6 Å². The van der Waals surface area contributed by atoms with Gasteiger partial charge < -0.3 is 15.0 Å². The minimum absolute atomic E-state index is 0.00748. The van der Waals surface area contributed by atoms with Crippen molar-refractivity contribution in [3.8, 4) is 0 Å². The summed E-state index contributed by atoms with van der Waals surface area (Å²) >= 11 is 0. The molecule has 8 heteroatoms. The normalized spacial score (nSPS) is 14.1. The minimum Gasteiger partial charge on any atom is -0.444 e. The molecule has 1 fully saturated rings. The Balaban J connectivity index is 0.00000151. The van der Waals surface area contributed by atoms with E-state index in [0.717, 1.165) is 0 Å². The van der Waals surface area contributed by atoms with Crippen molar-refractivity contribution in [2.24, 2.45) is 0 Å². The summed E-state index contributed by atoms with van der Waals surface area (Å²) < 4.78 is 5.20. The van der Waals surface area contributed by atoms with E-state index in [1.807, 2.05) is 46.4 Å². The Hall–Kier alpha value is -2.38. The van der Waals surface area contributed by atoms with E-state index < -0.39 is 16.6 Å². The van der Waals surface area contributed by atoms with Crippen LogP contribution in [0.3, 0.4) is 0 Å². The number of hydrogen-bond donors (Lipinski definition) is 1. The Labute approximate surface area is 148 Å². The van der Waals surface area contributed by atoms with Gasteiger partial charge >= 0.3 is 6.09 Å². The lowest BCUT2D eigenvalue weighted by atomic mass is 10.1. The van der Waals surface area contributed by atoms with Crippen molar-refractivity contribution in [1.82, 2.24) is 10.3 Å². The first-order valence-electron chi connectivity index (χ1n) is 8.57. The van der Waals surface area contributed by atoms with Gasteiger partial charge in [0.05, 0.1) is 11.0 Å². The summed E-state index contributed by atoms with van der Waals surface area (Å²) in [6, 6.07) is 1.73. The van der Waals surface area contributed by atoms with Gasteiger partial charge in [-0.25, -0.2) is 9.78 Å². The van der Waals surface area contributed by atoms with Crippen LogP contribution in [0, 0.1) is 10.1 Å². The third kappa shape index (κ3) is 5.88. The molecule has 0 aromatic carbocycles. The molecule has 1 amide bonds. The highest BCUT2D eigenvalue weighted by Crippen LogP contribution is 2.25. The van der Waals surface area contributed by atoms with Crippen molar-refractivity contribution in [3.05, 3.63) is 27.9 Å². The average molecular weight is 352 g/mol. The van der Waals surface area contributed by atoms with Crippen LogP contribution in [0.15, 0.2) is 12.3 Å². The number of alkyl carbamates (subject to hydrolysis) is 1. The van der Waals surface area contributed by atoms with E-state index in [1.165, 1.54) is 6.20 Å². The average Bonchev–Trinajstić information content (AvgIpc) is 2.50. The Bertz CT molecular complexity index is 607. The fourth-order valence-electron chi connectivity index (χ4n) is 2.33. The molecule has 1 saturated heterocycles. The van der Waals surface area contributed by atoms with E-state index in [2.05, 4.69) is 10.3 Å². The maximum Gasteiger partial charge on any atom is 0.407 e. The zero-order valence-corrected chi connectivity index (χ0v) is 15.8. The molecule has 0 bridgehead atoms. The molecule has 0 aliphatic carbocycles. The van der Waals surface area contributed by atoms with Gasteiger partial charge in [-0.3, -0.25) is 10.1 Å². The van der Waals surface area contributed by atoms with E-state index in [-0.39, 0.29) is 11.7 Å². The number of aromatic nitrogens is 1. The Morgan fingerprint density at radius 3 is 2.52 bits per heavy atom. The summed E-state index contributed by atoms with van der Waals surface area (Å²) in [6.45, 7) is 12.5. The maximum absolute atomic E-state index is 11.7. The van der Waals surface area contributed by atoms with Gasteiger partial charge in [-0.1, -0.05) is 20.8 Å². The second kappa shape index (κ2) is 8.64. The van der Waals surface area contributed by atoms with Crippen molar-refractivity contribution in [2.75, 3.05) is 18.0 Å². The van der Waals surface area contributed by atoms with Crippen molar-refractivity contribution in [1.29, 1.82) is 0 Å². The first kappa shape index (κ1) is 20.7. The summed E-state index contributed by atoms with van der Waals surface area (Å²) in [6.07, 6.45) is 1.43. The van der Waals surface area contributed by atoms with Crippen molar-refractivity contribution in [3.63, 3.8) is 0 Å². The smallest absolute Gasteiger partial charge is 0.407 e. The summed E-state index contributed by atoms with van der Waals surface area (Å²) in [5.41, 5.74) is 0.174. The summed E-state index contributed by atoms with van der Waals surface area (Å²) in [4.78, 5) is 28.3. The van der Waals surface area contributed by atoms with Gasteiger partial charge in [0.15, 0.2) is 0 Å². The number of nitrogens with one attached hydrogen (secondary N) is 1. The standard InChI is InChI=1S/C15H22N4O4.C2H6/c1-5-10-6-13(16-7-12(10)19(21)22)18-8-11(9-18)17-14(20)23-15(2,3)4;1-2/h6-7,11H,5,8-9H2,1-4H3,(H,17,20);1-2H3. The van der Waals surface area contributed by atoms with Crippen LogP contribution in [0.2, 0.25) is 0 Å².